The minimum absolute atomic E-state index is 0.129. The second-order valence-electron chi connectivity index (χ2n) is 6.80. The van der Waals surface area contributed by atoms with Crippen LogP contribution in [0, 0.1) is 0 Å². The fourth-order valence-electron chi connectivity index (χ4n) is 3.29. The maximum atomic E-state index is 13.3. The summed E-state index contributed by atoms with van der Waals surface area (Å²) < 4.78 is 2.24. The minimum Gasteiger partial charge on any atom is -0.342 e. The first-order valence-corrected chi connectivity index (χ1v) is 11.5. The number of likely N-dealkylation sites (N-methyl/N-ethyl adjacent to an activating group) is 1. The van der Waals surface area contributed by atoms with Gasteiger partial charge in [-0.2, -0.15) is 0 Å². The van der Waals surface area contributed by atoms with Gasteiger partial charge in [0.15, 0.2) is 11.0 Å². The van der Waals surface area contributed by atoms with E-state index in [-0.39, 0.29) is 11.2 Å². The van der Waals surface area contributed by atoms with Crippen LogP contribution >= 0.6 is 23.1 Å². The zero-order valence-electron chi connectivity index (χ0n) is 16.1. The number of hydrogen-bond donors (Lipinski definition) is 0. The molecule has 1 aromatic carbocycles. The number of hydrogen-bond acceptors (Lipinski definition) is 5. The molecule has 28 heavy (non-hydrogen) atoms. The summed E-state index contributed by atoms with van der Waals surface area (Å²) in [4.78, 5) is 16.3. The van der Waals surface area contributed by atoms with Crippen LogP contribution in [-0.4, -0.2) is 38.7 Å². The Kier molecular flexibility index (Phi) is 5.82. The number of aromatic nitrogens is 3. The first kappa shape index (κ1) is 19.2. The van der Waals surface area contributed by atoms with Crippen LogP contribution < -0.4 is 0 Å². The quantitative estimate of drug-likeness (QED) is 0.486. The summed E-state index contributed by atoms with van der Waals surface area (Å²) >= 11 is 3.20. The normalized spacial score (nSPS) is 14.8. The molecule has 1 aliphatic rings. The van der Waals surface area contributed by atoms with Gasteiger partial charge in [0, 0.05) is 19.1 Å². The molecule has 2 heterocycles. The minimum atomic E-state index is -0.320. The van der Waals surface area contributed by atoms with Crippen LogP contribution in [0.5, 0.6) is 0 Å². The molecule has 3 aromatic rings. The van der Waals surface area contributed by atoms with Crippen molar-refractivity contribution in [2.45, 2.75) is 43.1 Å². The summed E-state index contributed by atoms with van der Waals surface area (Å²) in [6.45, 7) is 5.45. The first-order chi connectivity index (χ1) is 13.7. The van der Waals surface area contributed by atoms with Crippen molar-refractivity contribution in [3.63, 3.8) is 0 Å². The lowest BCUT2D eigenvalue weighted by atomic mass is 10.1. The number of amides is 1. The maximum absolute atomic E-state index is 13.3. The first-order valence-electron chi connectivity index (χ1n) is 9.72. The number of nitrogens with zero attached hydrogens (tertiary/aromatic N) is 4. The van der Waals surface area contributed by atoms with Gasteiger partial charge in [0.25, 0.3) is 0 Å². The van der Waals surface area contributed by atoms with Gasteiger partial charge in [-0.25, -0.2) is 0 Å². The molecule has 1 amide bonds. The molecular weight excluding hydrogens is 388 g/mol. The molecule has 0 saturated heterocycles. The molecular formula is C21H24N4OS2. The molecule has 1 atom stereocenters. The fraction of sp³-hybridized carbons (Fsp3) is 0.381. The second-order valence-corrected chi connectivity index (χ2v) is 8.82. The van der Waals surface area contributed by atoms with E-state index >= 15 is 0 Å². The van der Waals surface area contributed by atoms with Crippen LogP contribution in [0.25, 0.3) is 10.7 Å². The van der Waals surface area contributed by atoms with Gasteiger partial charge in [0.2, 0.25) is 5.91 Å². The Morgan fingerprint density at radius 2 is 1.93 bits per heavy atom. The Morgan fingerprint density at radius 3 is 2.54 bits per heavy atom. The van der Waals surface area contributed by atoms with Crippen molar-refractivity contribution in [2.24, 2.45) is 0 Å². The molecule has 0 radical (unpaired) electrons. The summed E-state index contributed by atoms with van der Waals surface area (Å²) in [5.41, 5.74) is 1.01. The molecule has 0 spiro atoms. The largest absolute Gasteiger partial charge is 0.342 e. The summed E-state index contributed by atoms with van der Waals surface area (Å²) in [6, 6.07) is 14.6. The molecule has 2 aromatic heterocycles. The van der Waals surface area contributed by atoms with Crippen molar-refractivity contribution in [2.75, 3.05) is 13.1 Å². The van der Waals surface area contributed by atoms with Gasteiger partial charge >= 0.3 is 0 Å². The lowest BCUT2D eigenvalue weighted by molar-refractivity contribution is -0.130. The van der Waals surface area contributed by atoms with Crippen molar-refractivity contribution in [1.82, 2.24) is 19.7 Å². The fourth-order valence-corrected chi connectivity index (χ4v) is 5.18. The summed E-state index contributed by atoms with van der Waals surface area (Å²) in [5.74, 6) is 1.05. The van der Waals surface area contributed by atoms with E-state index in [2.05, 4.69) is 26.2 Å². The highest BCUT2D eigenvalue weighted by Gasteiger charge is 2.34. The summed E-state index contributed by atoms with van der Waals surface area (Å²) in [6.07, 6.45) is 2.29. The Bertz CT molecular complexity index is 915. The predicted octanol–water partition coefficient (Wildman–Crippen LogP) is 5.04. The average molecular weight is 413 g/mol. The number of rotatable bonds is 8. The molecule has 1 fully saturated rings. The van der Waals surface area contributed by atoms with Crippen molar-refractivity contribution in [1.29, 1.82) is 0 Å². The SMILES string of the molecule is CCN(CC)C(=O)[C@@H](Sc1nnc(-c2cccs2)n1C1CC1)c1ccccc1. The Morgan fingerprint density at radius 1 is 1.18 bits per heavy atom. The lowest BCUT2D eigenvalue weighted by Gasteiger charge is -2.25. The molecule has 0 N–H and O–H groups in total. The van der Waals surface area contributed by atoms with Crippen LogP contribution in [0.15, 0.2) is 53.0 Å². The van der Waals surface area contributed by atoms with E-state index < -0.39 is 0 Å². The van der Waals surface area contributed by atoms with E-state index in [4.69, 9.17) is 0 Å². The van der Waals surface area contributed by atoms with E-state index in [0.717, 1.165) is 34.3 Å². The monoisotopic (exact) mass is 412 g/mol. The number of carbonyl (C=O) groups excluding carboxylic acids is 1. The van der Waals surface area contributed by atoms with Crippen molar-refractivity contribution >= 4 is 29.0 Å². The Labute approximate surface area is 173 Å². The standard InChI is InChI=1S/C21H24N4OS2/c1-3-24(4-2)20(26)18(15-9-6-5-7-10-15)28-21-23-22-19(17-11-8-14-27-17)25(21)16-12-13-16/h5-11,14,16,18H,3-4,12-13H2,1-2H3/t18-/m0/s1. The number of thiophene rings is 1. The van der Waals surface area contributed by atoms with E-state index in [0.29, 0.717) is 19.1 Å². The maximum Gasteiger partial charge on any atom is 0.240 e. The van der Waals surface area contributed by atoms with Crippen LogP contribution in [-0.2, 0) is 4.79 Å². The van der Waals surface area contributed by atoms with Gasteiger partial charge in [-0.15, -0.1) is 21.5 Å². The molecule has 146 valence electrons. The molecule has 7 heteroatoms. The molecule has 1 aliphatic carbocycles. The molecule has 1 saturated carbocycles. The third kappa shape index (κ3) is 3.86. The molecule has 4 rings (SSSR count). The third-order valence-electron chi connectivity index (χ3n) is 4.94. The van der Waals surface area contributed by atoms with Gasteiger partial charge < -0.3 is 4.90 Å². The number of thioether (sulfide) groups is 1. The average Bonchev–Trinajstić information content (AvgIpc) is 3.25. The number of benzene rings is 1. The van der Waals surface area contributed by atoms with Gasteiger partial charge in [-0.1, -0.05) is 48.2 Å². The zero-order valence-corrected chi connectivity index (χ0v) is 17.7. The van der Waals surface area contributed by atoms with Crippen LogP contribution in [0.1, 0.15) is 43.5 Å². The van der Waals surface area contributed by atoms with Crippen LogP contribution in [0.3, 0.4) is 0 Å². The Hall–Kier alpha value is -2.12. The van der Waals surface area contributed by atoms with Gasteiger partial charge in [0.05, 0.1) is 4.88 Å². The van der Waals surface area contributed by atoms with E-state index in [1.165, 1.54) is 11.8 Å². The van der Waals surface area contributed by atoms with Crippen LogP contribution in [0.2, 0.25) is 0 Å². The summed E-state index contributed by atoms with van der Waals surface area (Å²) in [5, 5.41) is 11.6. The lowest BCUT2D eigenvalue weighted by Crippen LogP contribution is -2.34. The third-order valence-corrected chi connectivity index (χ3v) is 7.01. The highest BCUT2D eigenvalue weighted by atomic mass is 32.2. The second kappa shape index (κ2) is 8.49. The van der Waals surface area contributed by atoms with E-state index in [9.17, 15) is 4.79 Å². The van der Waals surface area contributed by atoms with E-state index in [1.54, 1.807) is 11.3 Å². The summed E-state index contributed by atoms with van der Waals surface area (Å²) in [7, 11) is 0. The van der Waals surface area contributed by atoms with Gasteiger partial charge in [-0.3, -0.25) is 9.36 Å². The Balaban J connectivity index is 1.70. The smallest absolute Gasteiger partial charge is 0.240 e. The molecule has 0 aliphatic heterocycles. The van der Waals surface area contributed by atoms with Crippen molar-refractivity contribution in [3.8, 4) is 10.7 Å². The molecule has 5 nitrogen and oxygen atoms in total. The van der Waals surface area contributed by atoms with E-state index in [1.807, 2.05) is 55.1 Å². The highest BCUT2D eigenvalue weighted by molar-refractivity contribution is 8.00. The van der Waals surface area contributed by atoms with Gasteiger partial charge in [-0.05, 0) is 43.7 Å². The van der Waals surface area contributed by atoms with Crippen molar-refractivity contribution < 1.29 is 4.79 Å². The predicted molar refractivity (Wildman–Crippen MR) is 115 cm³/mol. The molecule has 0 unspecified atom stereocenters. The molecule has 0 bridgehead atoms. The topological polar surface area (TPSA) is 51.0 Å². The highest BCUT2D eigenvalue weighted by Crippen LogP contribution is 2.45. The number of carbonyl (C=O) groups is 1. The van der Waals surface area contributed by atoms with Gasteiger partial charge in [0.1, 0.15) is 5.25 Å². The zero-order chi connectivity index (χ0) is 19.5. The van der Waals surface area contributed by atoms with Crippen LogP contribution in [0.4, 0.5) is 0 Å². The van der Waals surface area contributed by atoms with Crippen molar-refractivity contribution in [3.05, 3.63) is 53.4 Å².